The van der Waals surface area contributed by atoms with Gasteiger partial charge in [-0.05, 0) is 23.8 Å². The summed E-state index contributed by atoms with van der Waals surface area (Å²) in [6.07, 6.45) is -3.09. The summed E-state index contributed by atoms with van der Waals surface area (Å²) < 4.78 is 38.9. The molecule has 1 aromatic carbocycles. The Balaban J connectivity index is 2.49. The van der Waals surface area contributed by atoms with Gasteiger partial charge in [0.15, 0.2) is 0 Å². The molecule has 1 amide bonds. The van der Waals surface area contributed by atoms with E-state index < -0.39 is 17.8 Å². The van der Waals surface area contributed by atoms with Crippen molar-refractivity contribution in [3.8, 4) is 0 Å². The molecule has 0 atom stereocenters. The number of pyridine rings is 1. The van der Waals surface area contributed by atoms with Crippen LogP contribution in [-0.4, -0.2) is 21.3 Å². The Morgan fingerprint density at radius 3 is 2.64 bits per heavy atom. The van der Waals surface area contributed by atoms with E-state index >= 15 is 0 Å². The van der Waals surface area contributed by atoms with Gasteiger partial charge in [-0.1, -0.05) is 23.4 Å². The van der Waals surface area contributed by atoms with Crippen LogP contribution in [0.1, 0.15) is 16.7 Å². The first-order chi connectivity index (χ1) is 11.7. The predicted octanol–water partition coefficient (Wildman–Crippen LogP) is 4.16. The number of nitrogens with one attached hydrogen (secondary N) is 1. The van der Waals surface area contributed by atoms with Crippen molar-refractivity contribution in [3.63, 3.8) is 0 Å². The van der Waals surface area contributed by atoms with Crippen LogP contribution in [0.3, 0.4) is 0 Å². The number of hydrogen-bond acceptors (Lipinski definition) is 4. The van der Waals surface area contributed by atoms with Crippen molar-refractivity contribution in [2.75, 3.05) is 0 Å². The van der Waals surface area contributed by atoms with Crippen LogP contribution in [0.5, 0.6) is 0 Å². The molecule has 25 heavy (non-hydrogen) atoms. The molecule has 2 rings (SSSR count). The molecule has 0 saturated heterocycles. The van der Waals surface area contributed by atoms with E-state index in [9.17, 15) is 23.1 Å². The SMILES string of the molecule is O=C(O)NCc1cc(C(F)(F)F)cc(Cl)c1Sc1ccncc1CO. The monoisotopic (exact) mass is 392 g/mol. The van der Waals surface area contributed by atoms with Gasteiger partial charge in [0.25, 0.3) is 0 Å². The Hall–Kier alpha value is -1.97. The Morgan fingerprint density at radius 1 is 1.32 bits per heavy atom. The van der Waals surface area contributed by atoms with E-state index in [1.807, 2.05) is 5.32 Å². The lowest BCUT2D eigenvalue weighted by molar-refractivity contribution is -0.137. The maximum absolute atomic E-state index is 13.0. The molecule has 0 aliphatic rings. The van der Waals surface area contributed by atoms with Gasteiger partial charge in [0, 0.05) is 34.3 Å². The van der Waals surface area contributed by atoms with Gasteiger partial charge < -0.3 is 15.5 Å². The average molecular weight is 393 g/mol. The van der Waals surface area contributed by atoms with Crippen molar-refractivity contribution >= 4 is 29.5 Å². The maximum Gasteiger partial charge on any atom is 0.416 e. The lowest BCUT2D eigenvalue weighted by atomic mass is 10.1. The van der Waals surface area contributed by atoms with Gasteiger partial charge in [-0.3, -0.25) is 4.98 Å². The van der Waals surface area contributed by atoms with Crippen molar-refractivity contribution in [1.82, 2.24) is 10.3 Å². The summed E-state index contributed by atoms with van der Waals surface area (Å²) in [6.45, 7) is -0.655. The van der Waals surface area contributed by atoms with Crippen molar-refractivity contribution in [3.05, 3.63) is 52.3 Å². The summed E-state index contributed by atoms with van der Waals surface area (Å²) in [5.41, 5.74) is -0.422. The molecule has 134 valence electrons. The highest BCUT2D eigenvalue weighted by Crippen LogP contribution is 2.41. The zero-order valence-corrected chi connectivity index (χ0v) is 14.0. The lowest BCUT2D eigenvalue weighted by Gasteiger charge is -2.16. The average Bonchev–Trinajstić information content (AvgIpc) is 2.54. The van der Waals surface area contributed by atoms with Crippen LogP contribution in [0.2, 0.25) is 5.02 Å². The summed E-state index contributed by atoms with van der Waals surface area (Å²) >= 11 is 7.06. The predicted molar refractivity (Wildman–Crippen MR) is 85.6 cm³/mol. The molecule has 5 nitrogen and oxygen atoms in total. The van der Waals surface area contributed by atoms with Crippen molar-refractivity contribution < 1.29 is 28.2 Å². The van der Waals surface area contributed by atoms with Crippen LogP contribution in [0, 0.1) is 0 Å². The molecule has 0 saturated carbocycles. The number of aromatic nitrogens is 1. The Morgan fingerprint density at radius 2 is 2.04 bits per heavy atom. The Bertz CT molecular complexity index is 787. The van der Waals surface area contributed by atoms with Crippen molar-refractivity contribution in [2.24, 2.45) is 0 Å². The van der Waals surface area contributed by atoms with Gasteiger partial charge in [0.1, 0.15) is 0 Å². The summed E-state index contributed by atoms with van der Waals surface area (Å²) in [7, 11) is 0. The molecular weight excluding hydrogens is 381 g/mol. The lowest BCUT2D eigenvalue weighted by Crippen LogP contribution is -2.21. The third kappa shape index (κ3) is 5.00. The van der Waals surface area contributed by atoms with E-state index in [1.165, 1.54) is 12.4 Å². The topological polar surface area (TPSA) is 82.5 Å². The second-order valence-corrected chi connectivity index (χ2v) is 6.31. The number of nitrogens with zero attached hydrogens (tertiary/aromatic N) is 1. The summed E-state index contributed by atoms with van der Waals surface area (Å²) in [4.78, 5) is 15.4. The number of halogens is 4. The number of rotatable bonds is 5. The van der Waals surface area contributed by atoms with Crippen LogP contribution < -0.4 is 5.32 Å². The standard InChI is InChI=1S/C15H12ClF3N2O3S/c16-11-4-10(15(17,18)19)3-8(6-21-14(23)24)13(11)25-12-1-2-20-5-9(12)7-22/h1-5,21-22H,6-7H2,(H,23,24). The highest BCUT2D eigenvalue weighted by Gasteiger charge is 2.32. The van der Waals surface area contributed by atoms with Crippen LogP contribution in [0.4, 0.5) is 18.0 Å². The summed E-state index contributed by atoms with van der Waals surface area (Å²) in [5, 5.41) is 19.9. The molecule has 2 aromatic rings. The Kier molecular flexibility index (Phi) is 6.15. The number of amides is 1. The van der Waals surface area contributed by atoms with Crippen LogP contribution in [-0.2, 0) is 19.3 Å². The number of aliphatic hydroxyl groups excluding tert-OH is 1. The van der Waals surface area contributed by atoms with Gasteiger partial charge >= 0.3 is 12.3 Å². The number of benzene rings is 1. The van der Waals surface area contributed by atoms with Crippen molar-refractivity contribution in [1.29, 1.82) is 0 Å². The van der Waals surface area contributed by atoms with E-state index in [4.69, 9.17) is 16.7 Å². The van der Waals surface area contributed by atoms with E-state index in [1.54, 1.807) is 6.07 Å². The number of hydrogen-bond donors (Lipinski definition) is 3. The summed E-state index contributed by atoms with van der Waals surface area (Å²) in [5.74, 6) is 0. The first-order valence-electron chi connectivity index (χ1n) is 6.80. The van der Waals surface area contributed by atoms with Gasteiger partial charge in [0.05, 0.1) is 17.2 Å². The molecule has 0 spiro atoms. The molecule has 0 aliphatic heterocycles. The second kappa shape index (κ2) is 7.94. The number of carboxylic acid groups (broad SMARTS) is 1. The fourth-order valence-corrected chi connectivity index (χ4v) is 3.34. The minimum Gasteiger partial charge on any atom is -0.465 e. The first kappa shape index (κ1) is 19.4. The first-order valence-corrected chi connectivity index (χ1v) is 8.00. The van der Waals surface area contributed by atoms with E-state index in [2.05, 4.69) is 4.98 Å². The van der Waals surface area contributed by atoms with Crippen LogP contribution in [0.25, 0.3) is 0 Å². The van der Waals surface area contributed by atoms with Gasteiger partial charge in [-0.25, -0.2) is 4.79 Å². The fraction of sp³-hybridized carbons (Fsp3) is 0.200. The second-order valence-electron chi connectivity index (χ2n) is 4.85. The molecule has 0 fully saturated rings. The minimum absolute atomic E-state index is 0.0768. The molecule has 0 unspecified atom stereocenters. The number of alkyl halides is 3. The zero-order chi connectivity index (χ0) is 18.6. The smallest absolute Gasteiger partial charge is 0.416 e. The van der Waals surface area contributed by atoms with E-state index in [-0.39, 0.29) is 28.6 Å². The van der Waals surface area contributed by atoms with Gasteiger partial charge in [0.2, 0.25) is 0 Å². The van der Waals surface area contributed by atoms with E-state index in [0.29, 0.717) is 10.5 Å². The minimum atomic E-state index is -4.61. The molecular formula is C15H12ClF3N2O3S. The zero-order valence-electron chi connectivity index (χ0n) is 12.5. The van der Waals surface area contributed by atoms with E-state index in [0.717, 1.165) is 23.9 Å². The summed E-state index contributed by atoms with van der Waals surface area (Å²) in [6, 6.07) is 3.22. The normalized spacial score (nSPS) is 11.4. The Labute approximate surface area is 149 Å². The molecule has 0 radical (unpaired) electrons. The quantitative estimate of drug-likeness (QED) is 0.711. The number of carbonyl (C=O) groups is 1. The largest absolute Gasteiger partial charge is 0.465 e. The van der Waals surface area contributed by atoms with Crippen molar-refractivity contribution in [2.45, 2.75) is 29.1 Å². The van der Waals surface area contributed by atoms with Gasteiger partial charge in [-0.2, -0.15) is 13.2 Å². The molecule has 1 aromatic heterocycles. The maximum atomic E-state index is 13.0. The molecule has 3 N–H and O–H groups in total. The molecule has 0 aliphatic carbocycles. The highest BCUT2D eigenvalue weighted by atomic mass is 35.5. The number of aliphatic hydroxyl groups is 1. The van der Waals surface area contributed by atoms with Crippen LogP contribution in [0.15, 0.2) is 40.4 Å². The fourth-order valence-electron chi connectivity index (χ4n) is 1.97. The highest BCUT2D eigenvalue weighted by molar-refractivity contribution is 7.99. The van der Waals surface area contributed by atoms with Gasteiger partial charge in [-0.15, -0.1) is 0 Å². The third-order valence-electron chi connectivity index (χ3n) is 3.12. The van der Waals surface area contributed by atoms with Crippen LogP contribution >= 0.6 is 23.4 Å². The molecule has 1 heterocycles. The molecule has 0 bridgehead atoms. The molecule has 10 heteroatoms. The third-order valence-corrected chi connectivity index (χ3v) is 4.83.